The second kappa shape index (κ2) is 43.0. The first-order valence-corrected chi connectivity index (χ1v) is 42.4. The minimum Gasteiger partial charge on any atom is -0.358 e. The Kier molecular flexibility index (Phi) is 30.9. The zero-order chi connectivity index (χ0) is 91.5. The molecule has 8 amide bonds. The van der Waals surface area contributed by atoms with Gasteiger partial charge in [-0.3, -0.25) is 58.3 Å². The first-order valence-electron chi connectivity index (χ1n) is 39.3. The highest BCUT2D eigenvalue weighted by Gasteiger charge is 2.27. The summed E-state index contributed by atoms with van der Waals surface area (Å²) in [4.78, 5) is 144. The first-order chi connectivity index (χ1) is 62.0. The minimum absolute atomic E-state index is 0.0337. The van der Waals surface area contributed by atoms with E-state index in [1.807, 2.05) is 74.4 Å². The van der Waals surface area contributed by atoms with Crippen molar-refractivity contribution >= 4 is 202 Å². The second-order valence-corrected chi connectivity index (χ2v) is 32.3. The number of rotatable bonds is 20. The molecule has 0 spiro atoms. The molecule has 0 aliphatic carbocycles. The summed E-state index contributed by atoms with van der Waals surface area (Å²) in [6, 6.07) is 56.2. The van der Waals surface area contributed by atoms with Crippen LogP contribution in [0.2, 0.25) is 30.1 Å². The topological polar surface area (TPSA) is 347 Å². The van der Waals surface area contributed by atoms with E-state index in [-0.39, 0.29) is 66.9 Å². The molecule has 8 N–H and O–H groups in total. The van der Waals surface area contributed by atoms with E-state index in [0.717, 1.165) is 86.1 Å². The lowest BCUT2D eigenvalue weighted by atomic mass is 10.1. The summed E-state index contributed by atoms with van der Waals surface area (Å²) < 4.78 is 29.3. The summed E-state index contributed by atoms with van der Waals surface area (Å²) in [7, 11) is 7.81. The van der Waals surface area contributed by atoms with Crippen LogP contribution in [0.4, 0.5) is 54.8 Å². The molecule has 4 aliphatic rings. The number of nitrogens with one attached hydrogen (secondary N) is 8. The summed E-state index contributed by atoms with van der Waals surface area (Å²) in [5, 5.41) is 23.5. The number of amides is 8. The fourth-order valence-electron chi connectivity index (χ4n) is 13.1. The molecule has 0 radical (unpaired) electrons. The molecule has 0 saturated heterocycles. The lowest BCUT2D eigenvalue weighted by molar-refractivity contribution is 0.100. The molecule has 0 fully saturated rings. The van der Waals surface area contributed by atoms with E-state index in [1.54, 1.807) is 127 Å². The normalized spacial score (nSPS) is 13.0. The van der Waals surface area contributed by atoms with Crippen molar-refractivity contribution in [1.82, 2.24) is 39.5 Å². The van der Waals surface area contributed by atoms with Gasteiger partial charge in [0.2, 0.25) is 0 Å². The molecule has 8 heterocycles. The minimum atomic E-state index is -0.671. The number of hydrogen-bond acceptors (Lipinski definition) is 20. The van der Waals surface area contributed by atoms with Crippen LogP contribution in [-0.2, 0) is 0 Å². The van der Waals surface area contributed by atoms with Gasteiger partial charge in [0.25, 0.3) is 47.3 Å². The van der Waals surface area contributed by atoms with Crippen LogP contribution in [0.25, 0.3) is 0 Å². The molecule has 0 saturated carbocycles. The Bertz CT molecular complexity index is 6200. The van der Waals surface area contributed by atoms with E-state index in [0.29, 0.717) is 82.1 Å². The first kappa shape index (κ1) is 92.7. The largest absolute Gasteiger partial charge is 0.358 e. The highest BCUT2D eigenvalue weighted by Crippen LogP contribution is 2.33. The number of para-hydroxylation sites is 1. The van der Waals surface area contributed by atoms with E-state index < -0.39 is 53.0 Å². The van der Waals surface area contributed by atoms with Crippen molar-refractivity contribution in [1.29, 1.82) is 0 Å². The second-order valence-electron chi connectivity index (χ2n) is 28.7. The number of aromatic nitrogens is 4. The average Bonchev–Trinajstić information content (AvgIpc) is 1.77. The van der Waals surface area contributed by atoms with Gasteiger partial charge in [-0.2, -0.15) is 0 Å². The Morgan fingerprint density at radius 1 is 0.310 bits per heavy atom. The number of carbonyl (C=O) groups excluding carboxylic acids is 8. The van der Waals surface area contributed by atoms with Gasteiger partial charge >= 0.3 is 0 Å². The van der Waals surface area contributed by atoms with E-state index in [9.17, 15) is 47.1 Å². The number of halogens is 9. The molecule has 0 bridgehead atoms. The smallest absolute Gasteiger partial charge is 0.259 e. The molecule has 4 aromatic heterocycles. The number of benzene rings is 8. The molecule has 37 heteroatoms. The fourth-order valence-corrected chi connectivity index (χ4v) is 14.5. The Morgan fingerprint density at radius 3 is 1.04 bits per heavy atom. The van der Waals surface area contributed by atoms with Crippen LogP contribution in [-0.4, -0.2) is 191 Å². The van der Waals surface area contributed by atoms with Crippen LogP contribution in [0.5, 0.6) is 0 Å². The fraction of sp³-hybridized carbons (Fsp3) is 0.130. The average molecular weight is 1920 g/mol. The summed E-state index contributed by atoms with van der Waals surface area (Å²) >= 11 is 39.1. The summed E-state index contributed by atoms with van der Waals surface area (Å²) in [6.07, 6.45) is 5.64. The standard InChI is InChI=1S/C23H19BrClN5O2.C23H18Cl3N5O2.2C23H19ClFN5O2/c1-30-11-10-26-21(30)14-2-4-15(5-3-14)22(31)28-19-8-6-16(24)12-18(19)23(32)29-20-9-7-17(25)13-27-20;1-31-9-8-27-21(31)13-2-4-14(5-3-13)22(32)30-20-17(10-16(25)11-18(20)26)23(33)29-19-7-6-15(24)12-28-19;1-30-11-10-26-21(30)14-2-4-15(5-3-14)22(31)28-19-8-7-17(25)12-18(19)23(32)29-20-9-6-16(24)13-27-20;1-30-11-10-26-21(30)14-6-8-16(18(25)12-14)22(31)28-19-5-3-2-4-17(19)23(32)29-20-9-7-15(24)13-27-20/h2-9,12-13H,10-11H2,1H3,(H,28,31)(H,27,29,32);2-7,10-12H,8-9H2,1H3,(H,30,32)(H,28,29,33);2*2-9,12-13H,10-11H2,1H3,(H,28,31)(H,27,29,32). The quantitative estimate of drug-likeness (QED) is 0.0351. The zero-order valence-corrected chi connectivity index (χ0v) is 74.8. The molecule has 28 nitrogen and oxygen atoms in total. The lowest BCUT2D eigenvalue weighted by Crippen LogP contribution is -2.24. The van der Waals surface area contributed by atoms with Crippen LogP contribution in [0.1, 0.15) is 105 Å². The summed E-state index contributed by atoms with van der Waals surface area (Å²) in [6.45, 7) is 6.30. The van der Waals surface area contributed by atoms with E-state index in [1.165, 1.54) is 67.3 Å². The number of amidine groups is 4. The monoisotopic (exact) mass is 1910 g/mol. The van der Waals surface area contributed by atoms with Crippen molar-refractivity contribution in [3.8, 4) is 0 Å². The van der Waals surface area contributed by atoms with Gasteiger partial charge in [-0.15, -0.1) is 0 Å². The van der Waals surface area contributed by atoms with Gasteiger partial charge in [0, 0.05) is 128 Å². The number of pyridine rings is 4. The van der Waals surface area contributed by atoms with Crippen molar-refractivity contribution < 1.29 is 47.1 Å². The van der Waals surface area contributed by atoms with Crippen molar-refractivity contribution in [2.24, 2.45) is 20.0 Å². The predicted octanol–water partition coefficient (Wildman–Crippen LogP) is 18.1. The van der Waals surface area contributed by atoms with Crippen LogP contribution in [0.3, 0.4) is 0 Å². The molecule has 4 aliphatic heterocycles. The number of likely N-dealkylation sites (N-methyl/N-ethyl adjacent to an activating group) is 4. The zero-order valence-electron chi connectivity index (χ0n) is 68.7. The van der Waals surface area contributed by atoms with E-state index in [2.05, 4.69) is 108 Å². The lowest BCUT2D eigenvalue weighted by Gasteiger charge is -2.15. The molecule has 12 aromatic rings. The number of carbonyl (C=O) groups is 8. The van der Waals surface area contributed by atoms with Crippen LogP contribution < -0.4 is 42.5 Å². The van der Waals surface area contributed by atoms with Crippen LogP contribution in [0, 0.1) is 11.6 Å². The maximum absolute atomic E-state index is 14.7. The molecule has 654 valence electrons. The molecule has 0 atom stereocenters. The third kappa shape index (κ3) is 24.5. The molecule has 0 unspecified atom stereocenters. The summed E-state index contributed by atoms with van der Waals surface area (Å²) in [5.41, 5.74) is 6.04. The molecular formula is C92H75BrCl6F2N20O8. The van der Waals surface area contributed by atoms with Gasteiger partial charge in [-0.1, -0.05) is 140 Å². The third-order valence-electron chi connectivity index (χ3n) is 19.7. The molecule has 16 rings (SSSR count). The summed E-state index contributed by atoms with van der Waals surface area (Å²) in [5.74, 6) is -0.597. The number of hydrogen-bond donors (Lipinski definition) is 8. The molecule has 8 aromatic carbocycles. The van der Waals surface area contributed by atoms with Gasteiger partial charge in [-0.05, 0) is 158 Å². The van der Waals surface area contributed by atoms with Crippen LogP contribution >= 0.6 is 85.5 Å². The van der Waals surface area contributed by atoms with Gasteiger partial charge in [-0.25, -0.2) is 28.7 Å². The highest BCUT2D eigenvalue weighted by molar-refractivity contribution is 9.10. The Balaban J connectivity index is 0.000000147. The van der Waals surface area contributed by atoms with Crippen molar-refractivity contribution in [3.63, 3.8) is 0 Å². The van der Waals surface area contributed by atoms with Crippen molar-refractivity contribution in [3.05, 3.63) is 350 Å². The van der Waals surface area contributed by atoms with Gasteiger partial charge in [0.1, 0.15) is 58.2 Å². The Labute approximate surface area is 776 Å². The maximum Gasteiger partial charge on any atom is 0.259 e. The number of nitrogens with zero attached hydrogens (tertiary/aromatic N) is 12. The Hall–Kier alpha value is -13.9. The van der Waals surface area contributed by atoms with Gasteiger partial charge in [0.05, 0.1) is 102 Å². The van der Waals surface area contributed by atoms with Crippen molar-refractivity contribution in [2.75, 3.05) is 123 Å². The number of anilines is 8. The third-order valence-corrected chi connectivity index (χ3v) is 21.6. The van der Waals surface area contributed by atoms with E-state index in [4.69, 9.17) is 69.6 Å². The predicted molar refractivity (Wildman–Crippen MR) is 506 cm³/mol. The maximum atomic E-state index is 14.7. The van der Waals surface area contributed by atoms with Crippen LogP contribution in [0.15, 0.2) is 262 Å². The molecular weight excluding hydrogens is 1840 g/mol. The van der Waals surface area contributed by atoms with Gasteiger partial charge < -0.3 is 62.1 Å². The van der Waals surface area contributed by atoms with E-state index >= 15 is 0 Å². The SMILES string of the molecule is CN1CCN=C1c1ccc(C(=O)Nc2c(Cl)cc(Cl)cc2C(=O)Nc2ccc(Cl)cn2)cc1.CN1CCN=C1c1ccc(C(=O)Nc2ccc(Br)cc2C(=O)Nc2ccc(Cl)cn2)cc1.CN1CCN=C1c1ccc(C(=O)Nc2ccc(F)cc2C(=O)Nc2ccc(Cl)cn2)cc1.CN1CCN=C1c1ccc(C(=O)Nc2ccccc2C(=O)Nc2ccc(Cl)cn2)c(F)c1. The Morgan fingerprint density at radius 2 is 0.651 bits per heavy atom. The highest BCUT2D eigenvalue weighted by atomic mass is 79.9. The number of aliphatic imine (C=N–C) groups is 4. The van der Waals surface area contributed by atoms with Gasteiger partial charge in [0.15, 0.2) is 0 Å². The van der Waals surface area contributed by atoms with Crippen molar-refractivity contribution in [2.45, 2.75) is 0 Å². The molecule has 129 heavy (non-hydrogen) atoms.